The summed E-state index contributed by atoms with van der Waals surface area (Å²) in [5.41, 5.74) is 1.87. The van der Waals surface area contributed by atoms with Gasteiger partial charge in [0.25, 0.3) is 0 Å². The first kappa shape index (κ1) is 30.5. The number of amides is 2. The number of rotatable bonds is 12. The molecule has 0 aliphatic carbocycles. The summed E-state index contributed by atoms with van der Waals surface area (Å²) < 4.78 is 26.6. The molecule has 0 radical (unpaired) electrons. The second-order valence-electron chi connectivity index (χ2n) is 9.42. The molecule has 0 saturated carbocycles. The first-order chi connectivity index (χ1) is 18.5. The van der Waals surface area contributed by atoms with Crippen molar-refractivity contribution in [1.29, 1.82) is 0 Å². The van der Waals surface area contributed by atoms with E-state index in [2.05, 4.69) is 5.32 Å². The fourth-order valence-corrected chi connectivity index (χ4v) is 5.24. The monoisotopic (exact) mass is 589 g/mol. The maximum absolute atomic E-state index is 14.0. The largest absolute Gasteiger partial charge is 0.352 e. The van der Waals surface area contributed by atoms with E-state index in [4.69, 9.17) is 23.2 Å². The Morgan fingerprint density at radius 2 is 1.54 bits per heavy atom. The predicted molar refractivity (Wildman–Crippen MR) is 157 cm³/mol. The number of benzene rings is 3. The molecule has 10 heteroatoms. The maximum Gasteiger partial charge on any atom is 0.244 e. The lowest BCUT2D eigenvalue weighted by Crippen LogP contribution is -2.54. The first-order valence-corrected chi connectivity index (χ1v) is 15.2. The zero-order chi connectivity index (χ0) is 28.6. The van der Waals surface area contributed by atoms with Crippen molar-refractivity contribution in [3.05, 3.63) is 100 Å². The minimum Gasteiger partial charge on any atom is -0.352 e. The third kappa shape index (κ3) is 8.98. The smallest absolute Gasteiger partial charge is 0.244 e. The number of carbonyl (C=O) groups is 2. The van der Waals surface area contributed by atoms with Gasteiger partial charge in [0.15, 0.2) is 0 Å². The van der Waals surface area contributed by atoms with E-state index < -0.39 is 28.5 Å². The molecule has 0 heterocycles. The van der Waals surface area contributed by atoms with Crippen LogP contribution in [0.2, 0.25) is 10.0 Å². The van der Waals surface area contributed by atoms with Gasteiger partial charge < -0.3 is 10.2 Å². The number of hydrogen-bond donors (Lipinski definition) is 1. The molecule has 208 valence electrons. The molecule has 0 saturated heterocycles. The third-order valence-electron chi connectivity index (χ3n) is 6.31. The van der Waals surface area contributed by atoms with E-state index in [1.807, 2.05) is 50.2 Å². The molecule has 3 rings (SSSR count). The fourth-order valence-electron chi connectivity index (χ4n) is 4.05. The molecular weight excluding hydrogens is 557 g/mol. The highest BCUT2D eigenvalue weighted by Gasteiger charge is 2.33. The zero-order valence-corrected chi connectivity index (χ0v) is 24.5. The standard InChI is InChI=1S/C29H33Cl2N3O4S/c1-4-21(2)32-29(36)27(18-22-9-6-5-7-10-22)33(19-23-11-8-12-25(31)17-23)28(35)20-34(39(3,37)38)26-15-13-24(30)14-16-26/h5-17,21,27H,4,18-20H2,1-3H3,(H,32,36)/t21-,27+/m0/s1. The Morgan fingerprint density at radius 1 is 0.897 bits per heavy atom. The highest BCUT2D eigenvalue weighted by atomic mass is 35.5. The van der Waals surface area contributed by atoms with Crippen LogP contribution in [-0.2, 0) is 32.6 Å². The summed E-state index contributed by atoms with van der Waals surface area (Å²) in [5.74, 6) is -0.850. The average molecular weight is 591 g/mol. The van der Waals surface area contributed by atoms with E-state index in [1.54, 1.807) is 30.3 Å². The number of sulfonamides is 1. The number of halogens is 2. The average Bonchev–Trinajstić information content (AvgIpc) is 2.89. The van der Waals surface area contributed by atoms with Crippen LogP contribution in [-0.4, -0.2) is 50.0 Å². The lowest BCUT2D eigenvalue weighted by Gasteiger charge is -2.34. The van der Waals surface area contributed by atoms with Crippen molar-refractivity contribution >= 4 is 50.7 Å². The van der Waals surface area contributed by atoms with Crippen molar-refractivity contribution < 1.29 is 18.0 Å². The molecule has 7 nitrogen and oxygen atoms in total. The molecule has 0 aliphatic rings. The Hall–Kier alpha value is -3.07. The van der Waals surface area contributed by atoms with Crippen LogP contribution in [0.5, 0.6) is 0 Å². The molecule has 0 bridgehead atoms. The summed E-state index contributed by atoms with van der Waals surface area (Å²) in [7, 11) is -3.85. The zero-order valence-electron chi connectivity index (χ0n) is 22.2. The third-order valence-corrected chi connectivity index (χ3v) is 7.94. The minimum absolute atomic E-state index is 0.0586. The normalized spacial score (nSPS) is 12.8. The van der Waals surface area contributed by atoms with Gasteiger partial charge in [-0.25, -0.2) is 8.42 Å². The lowest BCUT2D eigenvalue weighted by molar-refractivity contribution is -0.140. The Labute approximate surface area is 240 Å². The molecule has 0 spiro atoms. The Kier molecular flexibility index (Phi) is 10.8. The number of nitrogens with zero attached hydrogens (tertiary/aromatic N) is 2. The molecule has 0 aromatic heterocycles. The number of anilines is 1. The second-order valence-corrected chi connectivity index (χ2v) is 12.2. The van der Waals surface area contributed by atoms with Crippen LogP contribution in [0.4, 0.5) is 5.69 Å². The van der Waals surface area contributed by atoms with Gasteiger partial charge in [-0.15, -0.1) is 0 Å². The second kappa shape index (κ2) is 13.8. The van der Waals surface area contributed by atoms with Crippen molar-refractivity contribution in [1.82, 2.24) is 10.2 Å². The van der Waals surface area contributed by atoms with Crippen LogP contribution in [0.15, 0.2) is 78.9 Å². The van der Waals surface area contributed by atoms with Crippen LogP contribution in [0.25, 0.3) is 0 Å². The van der Waals surface area contributed by atoms with Crippen molar-refractivity contribution in [2.45, 2.75) is 45.3 Å². The van der Waals surface area contributed by atoms with E-state index in [-0.39, 0.29) is 24.9 Å². The van der Waals surface area contributed by atoms with Crippen molar-refractivity contribution in [3.8, 4) is 0 Å². The quantitative estimate of drug-likeness (QED) is 0.310. The number of carbonyl (C=O) groups excluding carboxylic acids is 2. The summed E-state index contributed by atoms with van der Waals surface area (Å²) in [6, 6.07) is 21.6. The number of hydrogen-bond acceptors (Lipinski definition) is 4. The fraction of sp³-hybridized carbons (Fsp3) is 0.310. The van der Waals surface area contributed by atoms with Crippen LogP contribution in [0.1, 0.15) is 31.4 Å². The van der Waals surface area contributed by atoms with E-state index in [1.165, 1.54) is 17.0 Å². The van der Waals surface area contributed by atoms with Gasteiger partial charge >= 0.3 is 0 Å². The van der Waals surface area contributed by atoms with Crippen LogP contribution < -0.4 is 9.62 Å². The molecule has 0 unspecified atom stereocenters. The lowest BCUT2D eigenvalue weighted by atomic mass is 10.0. The van der Waals surface area contributed by atoms with Crippen molar-refractivity contribution in [2.24, 2.45) is 0 Å². The Balaban J connectivity index is 2.05. The highest BCUT2D eigenvalue weighted by Crippen LogP contribution is 2.23. The number of nitrogens with one attached hydrogen (secondary N) is 1. The van der Waals surface area contributed by atoms with Crippen LogP contribution in [0, 0.1) is 0 Å². The van der Waals surface area contributed by atoms with Gasteiger partial charge in [0.1, 0.15) is 12.6 Å². The van der Waals surface area contributed by atoms with E-state index >= 15 is 0 Å². The van der Waals surface area contributed by atoms with Gasteiger partial charge in [0.2, 0.25) is 21.8 Å². The van der Waals surface area contributed by atoms with Gasteiger partial charge in [0.05, 0.1) is 11.9 Å². The minimum atomic E-state index is -3.85. The first-order valence-electron chi connectivity index (χ1n) is 12.6. The molecule has 3 aromatic rings. The molecule has 0 fully saturated rings. The van der Waals surface area contributed by atoms with Gasteiger partial charge in [-0.1, -0.05) is 72.6 Å². The predicted octanol–water partition coefficient (Wildman–Crippen LogP) is 5.31. The topological polar surface area (TPSA) is 86.8 Å². The summed E-state index contributed by atoms with van der Waals surface area (Å²) in [6.07, 6.45) is 1.99. The van der Waals surface area contributed by atoms with Crippen molar-refractivity contribution in [3.63, 3.8) is 0 Å². The van der Waals surface area contributed by atoms with Crippen LogP contribution >= 0.6 is 23.2 Å². The van der Waals surface area contributed by atoms with E-state index in [9.17, 15) is 18.0 Å². The molecule has 39 heavy (non-hydrogen) atoms. The van der Waals surface area contributed by atoms with Gasteiger partial charge in [0, 0.05) is 29.1 Å². The molecular formula is C29H33Cl2N3O4S. The van der Waals surface area contributed by atoms with Crippen molar-refractivity contribution in [2.75, 3.05) is 17.1 Å². The van der Waals surface area contributed by atoms with Gasteiger partial charge in [-0.05, 0) is 60.9 Å². The van der Waals surface area contributed by atoms with Gasteiger partial charge in [-0.3, -0.25) is 13.9 Å². The molecule has 3 aromatic carbocycles. The van der Waals surface area contributed by atoms with E-state index in [0.29, 0.717) is 27.7 Å². The summed E-state index contributed by atoms with van der Waals surface area (Å²) in [4.78, 5) is 29.1. The SMILES string of the molecule is CC[C@H](C)NC(=O)[C@@H](Cc1ccccc1)N(Cc1cccc(Cl)c1)C(=O)CN(c1ccc(Cl)cc1)S(C)(=O)=O. The highest BCUT2D eigenvalue weighted by molar-refractivity contribution is 7.92. The van der Waals surface area contributed by atoms with E-state index in [0.717, 1.165) is 16.1 Å². The molecule has 2 amide bonds. The summed E-state index contributed by atoms with van der Waals surface area (Å²) >= 11 is 12.2. The molecule has 0 aliphatic heterocycles. The maximum atomic E-state index is 14.0. The van der Waals surface area contributed by atoms with Gasteiger partial charge in [-0.2, -0.15) is 0 Å². The summed E-state index contributed by atoms with van der Waals surface area (Å²) in [5, 5.41) is 3.92. The molecule has 1 N–H and O–H groups in total. The van der Waals surface area contributed by atoms with Crippen LogP contribution in [0.3, 0.4) is 0 Å². The molecule has 2 atom stereocenters. The summed E-state index contributed by atoms with van der Waals surface area (Å²) in [6.45, 7) is 3.42. The Bertz CT molecular complexity index is 1370. The Morgan fingerprint density at radius 3 is 2.13 bits per heavy atom.